The average molecular weight is 243 g/mol. The van der Waals surface area contributed by atoms with E-state index < -0.39 is 0 Å². The van der Waals surface area contributed by atoms with Crippen LogP contribution >= 0.6 is 0 Å². The molecule has 0 saturated carbocycles. The minimum absolute atomic E-state index is 0.496. The number of ether oxygens (including phenoxy) is 1. The molecule has 2 rings (SSSR count). The number of aromatic nitrogens is 2. The van der Waals surface area contributed by atoms with Gasteiger partial charge in [-0.25, -0.2) is 9.97 Å². The van der Waals surface area contributed by atoms with E-state index in [1.807, 2.05) is 31.2 Å². The molecule has 0 aliphatic carbocycles. The number of nitrogens with zero attached hydrogens (tertiary/aromatic N) is 2. The third kappa shape index (κ3) is 2.59. The second kappa shape index (κ2) is 5.49. The smallest absolute Gasteiger partial charge is 0.227 e. The fourth-order valence-electron chi connectivity index (χ4n) is 1.76. The van der Waals surface area contributed by atoms with Gasteiger partial charge >= 0.3 is 0 Å². The summed E-state index contributed by atoms with van der Waals surface area (Å²) in [7, 11) is 0. The fourth-order valence-corrected chi connectivity index (χ4v) is 1.76. The highest BCUT2D eigenvalue weighted by molar-refractivity contribution is 5.47. The van der Waals surface area contributed by atoms with Crippen molar-refractivity contribution in [1.82, 2.24) is 9.97 Å². The number of hydrogen-bond acceptors (Lipinski definition) is 4. The van der Waals surface area contributed by atoms with Crippen molar-refractivity contribution in [2.75, 3.05) is 5.73 Å². The summed E-state index contributed by atoms with van der Waals surface area (Å²) in [6.45, 7) is 4.09. The zero-order valence-electron chi connectivity index (χ0n) is 10.7. The van der Waals surface area contributed by atoms with Crippen LogP contribution in [0, 0.1) is 6.92 Å². The lowest BCUT2D eigenvalue weighted by atomic mass is 10.1. The number of rotatable bonds is 4. The van der Waals surface area contributed by atoms with Crippen molar-refractivity contribution in [2.24, 2.45) is 0 Å². The highest BCUT2D eigenvalue weighted by Gasteiger charge is 2.11. The van der Waals surface area contributed by atoms with E-state index in [9.17, 15) is 0 Å². The molecule has 0 radical (unpaired) electrons. The lowest BCUT2D eigenvalue weighted by Gasteiger charge is -2.12. The molecule has 0 aliphatic rings. The Morgan fingerprint density at radius 3 is 2.72 bits per heavy atom. The molecular weight excluding hydrogens is 226 g/mol. The van der Waals surface area contributed by atoms with E-state index in [0.29, 0.717) is 11.7 Å². The van der Waals surface area contributed by atoms with Crippen LogP contribution in [-0.2, 0) is 6.42 Å². The highest BCUT2D eigenvalue weighted by atomic mass is 16.5. The molecule has 1 aromatic heterocycles. The molecule has 94 valence electrons. The molecule has 0 amide bonds. The van der Waals surface area contributed by atoms with Crippen LogP contribution in [0.1, 0.15) is 24.5 Å². The van der Waals surface area contributed by atoms with Gasteiger partial charge in [-0.05, 0) is 25.0 Å². The molecule has 0 saturated heterocycles. The molecule has 0 fully saturated rings. The normalized spacial score (nSPS) is 10.3. The Hall–Kier alpha value is -2.10. The van der Waals surface area contributed by atoms with Gasteiger partial charge in [0.25, 0.3) is 0 Å². The van der Waals surface area contributed by atoms with Gasteiger partial charge in [-0.15, -0.1) is 0 Å². The lowest BCUT2D eigenvalue weighted by molar-refractivity contribution is 0.451. The summed E-state index contributed by atoms with van der Waals surface area (Å²) in [5, 5.41) is 0. The van der Waals surface area contributed by atoms with Crippen LogP contribution in [0.4, 0.5) is 5.82 Å². The Kier molecular flexibility index (Phi) is 3.77. The largest absolute Gasteiger partial charge is 0.438 e. The van der Waals surface area contributed by atoms with Crippen molar-refractivity contribution >= 4 is 5.82 Å². The SMILES string of the molecule is CCCc1c(N)ncnc1Oc1ccccc1C. The first-order valence-corrected chi connectivity index (χ1v) is 6.05. The van der Waals surface area contributed by atoms with E-state index in [0.717, 1.165) is 29.7 Å². The summed E-state index contributed by atoms with van der Waals surface area (Å²) >= 11 is 0. The number of benzene rings is 1. The van der Waals surface area contributed by atoms with Crippen LogP contribution in [0.2, 0.25) is 0 Å². The first-order chi connectivity index (χ1) is 8.72. The van der Waals surface area contributed by atoms with Gasteiger partial charge in [-0.2, -0.15) is 0 Å². The molecule has 18 heavy (non-hydrogen) atoms. The number of nitrogens with two attached hydrogens (primary N) is 1. The second-order valence-electron chi connectivity index (χ2n) is 4.16. The van der Waals surface area contributed by atoms with Gasteiger partial charge < -0.3 is 10.5 Å². The molecule has 0 unspecified atom stereocenters. The summed E-state index contributed by atoms with van der Waals surface area (Å²) in [6.07, 6.45) is 3.22. The topological polar surface area (TPSA) is 61.0 Å². The predicted octanol–water partition coefficient (Wildman–Crippen LogP) is 3.11. The zero-order chi connectivity index (χ0) is 13.0. The van der Waals surface area contributed by atoms with Gasteiger partial charge in [-0.1, -0.05) is 31.5 Å². The first-order valence-electron chi connectivity index (χ1n) is 6.05. The Bertz CT molecular complexity index is 540. The molecule has 2 aromatic rings. The Labute approximate surface area is 107 Å². The molecule has 0 spiro atoms. The van der Waals surface area contributed by atoms with Crippen molar-refractivity contribution in [1.29, 1.82) is 0 Å². The van der Waals surface area contributed by atoms with Crippen LogP contribution in [0.5, 0.6) is 11.6 Å². The average Bonchev–Trinajstić information content (AvgIpc) is 2.36. The van der Waals surface area contributed by atoms with E-state index >= 15 is 0 Å². The van der Waals surface area contributed by atoms with Gasteiger partial charge in [0.1, 0.15) is 17.9 Å². The highest BCUT2D eigenvalue weighted by Crippen LogP contribution is 2.28. The first kappa shape index (κ1) is 12.4. The van der Waals surface area contributed by atoms with Crippen molar-refractivity contribution < 1.29 is 4.74 Å². The monoisotopic (exact) mass is 243 g/mol. The lowest BCUT2D eigenvalue weighted by Crippen LogP contribution is -2.03. The minimum atomic E-state index is 0.496. The Morgan fingerprint density at radius 2 is 2.00 bits per heavy atom. The van der Waals surface area contributed by atoms with E-state index in [-0.39, 0.29) is 0 Å². The van der Waals surface area contributed by atoms with Crippen LogP contribution in [-0.4, -0.2) is 9.97 Å². The number of para-hydroxylation sites is 1. The third-order valence-corrected chi connectivity index (χ3v) is 2.74. The van der Waals surface area contributed by atoms with Crippen LogP contribution in [0.25, 0.3) is 0 Å². The summed E-state index contributed by atoms with van der Waals surface area (Å²) in [6, 6.07) is 7.83. The van der Waals surface area contributed by atoms with Gasteiger partial charge in [-0.3, -0.25) is 0 Å². The number of aryl methyl sites for hydroxylation is 1. The van der Waals surface area contributed by atoms with Gasteiger partial charge in [0.15, 0.2) is 0 Å². The van der Waals surface area contributed by atoms with Crippen molar-refractivity contribution in [3.63, 3.8) is 0 Å². The summed E-state index contributed by atoms with van der Waals surface area (Å²) in [4.78, 5) is 8.19. The Balaban J connectivity index is 2.34. The summed E-state index contributed by atoms with van der Waals surface area (Å²) in [5.74, 6) is 1.85. The standard InChI is InChI=1S/C14H17N3O/c1-3-6-11-13(15)16-9-17-14(11)18-12-8-5-4-7-10(12)2/h4-5,7-9H,3,6H2,1-2H3,(H2,15,16,17). The molecule has 0 bridgehead atoms. The molecular formula is C14H17N3O. The number of nitrogen functional groups attached to an aromatic ring is 1. The van der Waals surface area contributed by atoms with Gasteiger partial charge in [0.05, 0.1) is 5.56 Å². The zero-order valence-corrected chi connectivity index (χ0v) is 10.7. The van der Waals surface area contributed by atoms with Crippen molar-refractivity contribution in [3.05, 3.63) is 41.7 Å². The molecule has 1 aromatic carbocycles. The predicted molar refractivity (Wildman–Crippen MR) is 71.7 cm³/mol. The molecule has 2 N–H and O–H groups in total. The van der Waals surface area contributed by atoms with Crippen LogP contribution in [0.3, 0.4) is 0 Å². The van der Waals surface area contributed by atoms with E-state index in [1.54, 1.807) is 0 Å². The maximum atomic E-state index is 5.87. The van der Waals surface area contributed by atoms with Crippen LogP contribution in [0.15, 0.2) is 30.6 Å². The Morgan fingerprint density at radius 1 is 1.22 bits per heavy atom. The van der Waals surface area contributed by atoms with Gasteiger partial charge in [0.2, 0.25) is 5.88 Å². The quantitative estimate of drug-likeness (QED) is 0.896. The van der Waals surface area contributed by atoms with Gasteiger partial charge in [0, 0.05) is 0 Å². The summed E-state index contributed by atoms with van der Waals surface area (Å²) < 4.78 is 5.84. The van der Waals surface area contributed by atoms with Crippen molar-refractivity contribution in [3.8, 4) is 11.6 Å². The minimum Gasteiger partial charge on any atom is -0.438 e. The number of anilines is 1. The maximum absolute atomic E-state index is 5.87. The molecule has 1 heterocycles. The molecule has 4 heteroatoms. The fraction of sp³-hybridized carbons (Fsp3) is 0.286. The molecule has 0 atom stereocenters. The summed E-state index contributed by atoms with van der Waals surface area (Å²) in [5.41, 5.74) is 7.81. The molecule has 0 aliphatic heterocycles. The van der Waals surface area contributed by atoms with E-state index in [2.05, 4.69) is 16.9 Å². The van der Waals surface area contributed by atoms with Crippen LogP contribution < -0.4 is 10.5 Å². The third-order valence-electron chi connectivity index (χ3n) is 2.74. The van der Waals surface area contributed by atoms with Crippen molar-refractivity contribution in [2.45, 2.75) is 26.7 Å². The second-order valence-corrected chi connectivity index (χ2v) is 4.16. The van der Waals surface area contributed by atoms with E-state index in [1.165, 1.54) is 6.33 Å². The van der Waals surface area contributed by atoms with E-state index in [4.69, 9.17) is 10.5 Å². The molecule has 4 nitrogen and oxygen atoms in total. The number of hydrogen-bond donors (Lipinski definition) is 1. The maximum Gasteiger partial charge on any atom is 0.227 e.